The fourth-order valence-electron chi connectivity index (χ4n) is 4.31. The maximum absolute atomic E-state index is 11.7. The molecule has 0 atom stereocenters. The summed E-state index contributed by atoms with van der Waals surface area (Å²) in [6.45, 7) is 8.09. The molecular formula is C26H29N5O2. The predicted octanol–water partition coefficient (Wildman–Crippen LogP) is 3.80. The van der Waals surface area contributed by atoms with Gasteiger partial charge in [-0.1, -0.05) is 19.1 Å². The first-order chi connectivity index (χ1) is 15.9. The molecular weight excluding hydrogens is 414 g/mol. The van der Waals surface area contributed by atoms with Gasteiger partial charge in [0.2, 0.25) is 0 Å². The highest BCUT2D eigenvalue weighted by molar-refractivity contribution is 5.92. The molecule has 170 valence electrons. The molecule has 0 saturated carbocycles. The summed E-state index contributed by atoms with van der Waals surface area (Å²) >= 11 is 0. The summed E-state index contributed by atoms with van der Waals surface area (Å²) in [6.07, 6.45) is 9.53. The second-order valence-corrected chi connectivity index (χ2v) is 8.78. The van der Waals surface area contributed by atoms with Crippen LogP contribution in [0, 0.1) is 0 Å². The van der Waals surface area contributed by atoms with E-state index in [4.69, 9.17) is 0 Å². The van der Waals surface area contributed by atoms with Gasteiger partial charge in [0.1, 0.15) is 11.4 Å². The van der Waals surface area contributed by atoms with E-state index in [0.717, 1.165) is 54.0 Å². The largest absolute Gasteiger partial charge is 0.354 e. The minimum Gasteiger partial charge on any atom is -0.354 e. The highest BCUT2D eigenvalue weighted by atomic mass is 16.1. The first-order valence-corrected chi connectivity index (χ1v) is 11.2. The zero-order valence-corrected chi connectivity index (χ0v) is 19.5. The Morgan fingerprint density at radius 3 is 2.70 bits per heavy atom. The zero-order valence-electron chi connectivity index (χ0n) is 19.5. The number of hydrogen-bond donors (Lipinski definition) is 2. The number of amides is 1. The molecule has 4 rings (SSSR count). The zero-order chi connectivity index (χ0) is 23.6. The van der Waals surface area contributed by atoms with E-state index < -0.39 is 0 Å². The summed E-state index contributed by atoms with van der Waals surface area (Å²) < 4.78 is 0. The number of pyridine rings is 2. The molecule has 33 heavy (non-hydrogen) atoms. The van der Waals surface area contributed by atoms with E-state index >= 15 is 0 Å². The molecule has 1 amide bonds. The van der Waals surface area contributed by atoms with Gasteiger partial charge in [-0.3, -0.25) is 19.7 Å². The van der Waals surface area contributed by atoms with E-state index in [-0.39, 0.29) is 11.4 Å². The van der Waals surface area contributed by atoms with Crippen LogP contribution >= 0.6 is 0 Å². The third-order valence-corrected chi connectivity index (χ3v) is 6.59. The molecule has 7 nitrogen and oxygen atoms in total. The van der Waals surface area contributed by atoms with Gasteiger partial charge in [0.05, 0.1) is 11.4 Å². The van der Waals surface area contributed by atoms with Crippen LogP contribution in [-0.4, -0.2) is 46.9 Å². The standard InChI is InChI=1S/C26H29N5O2/c1-5-17-12-22-23(30-24(17)16-32)13-20(15-29-22)26(2,3)31-10-8-18(9-11-31)19-6-7-21(28-14-19)25(33)27-4/h6-8,12-15,30H,5,9-11H2,1-4H3,(H,27,33). The van der Waals surface area contributed by atoms with Crippen LogP contribution in [-0.2, 0) is 10.3 Å². The summed E-state index contributed by atoms with van der Waals surface area (Å²) in [6, 6.07) is 5.81. The molecule has 0 bridgehead atoms. The molecule has 2 aromatic rings. The number of hydrogen-bond acceptors (Lipinski definition) is 6. The van der Waals surface area contributed by atoms with Crippen LogP contribution in [0.2, 0.25) is 0 Å². The molecule has 0 saturated heterocycles. The Labute approximate surface area is 194 Å². The van der Waals surface area contributed by atoms with Crippen molar-refractivity contribution >= 4 is 29.2 Å². The maximum atomic E-state index is 11.7. The van der Waals surface area contributed by atoms with Crippen LogP contribution in [0.15, 0.2) is 47.9 Å². The monoisotopic (exact) mass is 443 g/mol. The van der Waals surface area contributed by atoms with Crippen LogP contribution in [0.4, 0.5) is 5.69 Å². The molecule has 7 heteroatoms. The van der Waals surface area contributed by atoms with Crippen molar-refractivity contribution in [2.45, 2.75) is 39.2 Å². The number of nitrogens with zero attached hydrogens (tertiary/aromatic N) is 3. The van der Waals surface area contributed by atoms with Crippen molar-refractivity contribution in [2.75, 3.05) is 25.5 Å². The summed E-state index contributed by atoms with van der Waals surface area (Å²) in [5, 5.41) is 5.80. The second kappa shape index (κ2) is 9.14. The van der Waals surface area contributed by atoms with Crippen molar-refractivity contribution in [1.29, 1.82) is 0 Å². The van der Waals surface area contributed by atoms with Crippen LogP contribution in [0.1, 0.15) is 60.9 Å². The van der Waals surface area contributed by atoms with Crippen molar-refractivity contribution in [3.8, 4) is 0 Å². The Hall–Kier alpha value is -3.54. The van der Waals surface area contributed by atoms with Crippen LogP contribution in [0.3, 0.4) is 0 Å². The van der Waals surface area contributed by atoms with Crippen molar-refractivity contribution in [3.05, 3.63) is 70.5 Å². The Bertz CT molecular complexity index is 1190. The van der Waals surface area contributed by atoms with Gasteiger partial charge < -0.3 is 10.6 Å². The number of carbonyl (C=O) groups excluding carboxylic acids is 2. The van der Waals surface area contributed by atoms with Crippen LogP contribution in [0.5, 0.6) is 0 Å². The molecule has 2 aliphatic rings. The van der Waals surface area contributed by atoms with E-state index in [1.165, 1.54) is 5.57 Å². The maximum Gasteiger partial charge on any atom is 0.269 e. The number of rotatable bonds is 5. The minimum absolute atomic E-state index is 0.183. The summed E-state index contributed by atoms with van der Waals surface area (Å²) in [5.74, 6) is 1.83. The highest BCUT2D eigenvalue weighted by Crippen LogP contribution is 2.36. The minimum atomic E-state index is -0.243. The number of carbonyl (C=O) groups is 1. The lowest BCUT2D eigenvalue weighted by Crippen LogP contribution is -2.44. The number of allylic oxidation sites excluding steroid dienone is 1. The number of fused-ring (bicyclic) bond motifs is 1. The first kappa shape index (κ1) is 22.6. The quantitative estimate of drug-likeness (QED) is 0.684. The summed E-state index contributed by atoms with van der Waals surface area (Å²) in [5.41, 5.74) is 6.64. The smallest absolute Gasteiger partial charge is 0.269 e. The van der Waals surface area contributed by atoms with Gasteiger partial charge in [0.15, 0.2) is 5.94 Å². The van der Waals surface area contributed by atoms with Gasteiger partial charge in [0, 0.05) is 38.1 Å². The molecule has 0 aliphatic carbocycles. The average molecular weight is 444 g/mol. The predicted molar refractivity (Wildman–Crippen MR) is 130 cm³/mol. The van der Waals surface area contributed by atoms with E-state index in [2.05, 4.69) is 51.5 Å². The van der Waals surface area contributed by atoms with Crippen molar-refractivity contribution < 1.29 is 9.59 Å². The molecule has 2 N–H and O–H groups in total. The van der Waals surface area contributed by atoms with E-state index in [0.29, 0.717) is 11.4 Å². The molecule has 2 aromatic heterocycles. The fourth-order valence-corrected chi connectivity index (χ4v) is 4.31. The van der Waals surface area contributed by atoms with Gasteiger partial charge >= 0.3 is 0 Å². The lowest BCUT2D eigenvalue weighted by Gasteiger charge is -2.41. The lowest BCUT2D eigenvalue weighted by molar-refractivity contribution is 0.0958. The third-order valence-electron chi connectivity index (χ3n) is 6.59. The Kier molecular flexibility index (Phi) is 6.27. The molecule has 4 heterocycles. The number of aromatic nitrogens is 2. The second-order valence-electron chi connectivity index (χ2n) is 8.78. The Morgan fingerprint density at radius 1 is 1.27 bits per heavy atom. The van der Waals surface area contributed by atoms with Crippen molar-refractivity contribution in [3.63, 3.8) is 0 Å². The van der Waals surface area contributed by atoms with E-state index in [1.807, 2.05) is 31.2 Å². The number of nitrogens with one attached hydrogen (secondary N) is 2. The van der Waals surface area contributed by atoms with Gasteiger partial charge in [-0.15, -0.1) is 0 Å². The van der Waals surface area contributed by atoms with E-state index in [1.54, 1.807) is 19.3 Å². The lowest BCUT2D eigenvalue weighted by atomic mass is 9.89. The van der Waals surface area contributed by atoms with Gasteiger partial charge in [-0.05, 0) is 67.2 Å². The SMILES string of the molecule is CCC1=Cc2ncc(C(C)(C)N3CC=C(c4ccc(C(=O)NC)nc4)CC3)cc2NC1=C=O. The molecule has 0 fully saturated rings. The fraction of sp³-hybridized carbons (Fsp3) is 0.346. The number of anilines is 1. The normalized spacial score (nSPS) is 16.2. The van der Waals surface area contributed by atoms with Gasteiger partial charge in [-0.2, -0.15) is 0 Å². The van der Waals surface area contributed by atoms with E-state index in [9.17, 15) is 9.59 Å². The molecule has 0 spiro atoms. The highest BCUT2D eigenvalue weighted by Gasteiger charge is 2.31. The Balaban J connectivity index is 1.53. The first-order valence-electron chi connectivity index (χ1n) is 11.2. The van der Waals surface area contributed by atoms with Gasteiger partial charge in [0.25, 0.3) is 5.91 Å². The van der Waals surface area contributed by atoms with Crippen molar-refractivity contribution in [2.24, 2.45) is 0 Å². The van der Waals surface area contributed by atoms with Crippen LogP contribution in [0.25, 0.3) is 11.6 Å². The molecule has 0 unspecified atom stereocenters. The molecule has 0 radical (unpaired) electrons. The van der Waals surface area contributed by atoms with Crippen LogP contribution < -0.4 is 10.6 Å². The van der Waals surface area contributed by atoms with Crippen molar-refractivity contribution in [1.82, 2.24) is 20.2 Å². The molecule has 2 aliphatic heterocycles. The van der Waals surface area contributed by atoms with Gasteiger partial charge in [-0.25, -0.2) is 4.79 Å². The Morgan fingerprint density at radius 2 is 2.09 bits per heavy atom. The summed E-state index contributed by atoms with van der Waals surface area (Å²) in [4.78, 5) is 34.5. The summed E-state index contributed by atoms with van der Waals surface area (Å²) in [7, 11) is 1.60. The third kappa shape index (κ3) is 4.38. The average Bonchev–Trinajstić information content (AvgIpc) is 2.87. The topological polar surface area (TPSA) is 87.2 Å². The molecule has 0 aromatic carbocycles.